The smallest absolute Gasteiger partial charge is 0.219 e. The molecule has 14 heteroatoms. The van der Waals surface area contributed by atoms with Gasteiger partial charge in [0.2, 0.25) is 5.91 Å². The quantitative estimate of drug-likeness (QED) is 0.0312. The van der Waals surface area contributed by atoms with Gasteiger partial charge in [0.05, 0.1) is 0 Å². The number of hydrogen-bond acceptors (Lipinski definition) is 13. The van der Waals surface area contributed by atoms with E-state index >= 15 is 0 Å². The van der Waals surface area contributed by atoms with Gasteiger partial charge in [0.15, 0.2) is 0 Å². The maximum Gasteiger partial charge on any atom is 0.219 e. The lowest BCUT2D eigenvalue weighted by Gasteiger charge is -2.50. The Labute approximate surface area is 515 Å². The van der Waals surface area contributed by atoms with Crippen molar-refractivity contribution in [2.24, 2.45) is 11.5 Å². The topological polar surface area (TPSA) is 163 Å². The minimum absolute atomic E-state index is 0.0677. The molecule has 0 bridgehead atoms. The van der Waals surface area contributed by atoms with Crippen LogP contribution in [0, 0.1) is 0 Å². The zero-order valence-electron chi connectivity index (χ0n) is 60.1. The minimum Gasteiger partial charge on any atom is -0.340 e. The molecule has 5 rings (SSSR count). The predicted octanol–water partition coefficient (Wildman–Crippen LogP) is 11.8. The third-order valence-corrected chi connectivity index (χ3v) is 18.7. The van der Waals surface area contributed by atoms with Gasteiger partial charge in [-0.2, -0.15) is 0 Å². The van der Waals surface area contributed by atoms with Crippen LogP contribution < -0.4 is 38.1 Å². The van der Waals surface area contributed by atoms with Crippen LogP contribution in [-0.2, 0) is 9.59 Å². The number of hydrogen-bond donors (Lipinski definition) is 7. The number of aldehydes is 1. The molecule has 0 spiro atoms. The van der Waals surface area contributed by atoms with Crippen molar-refractivity contribution in [3.63, 3.8) is 0 Å². The number of rotatable bonds is 22. The first kappa shape index (κ1) is 77.8. The predicted molar refractivity (Wildman–Crippen MR) is 359 cm³/mol. The van der Waals surface area contributed by atoms with Crippen LogP contribution in [0.2, 0.25) is 0 Å². The van der Waals surface area contributed by atoms with Gasteiger partial charge in [-0.1, -0.05) is 32.6 Å². The lowest BCUT2D eigenvalue weighted by molar-refractivity contribution is -0.133. The molecule has 0 aromatic carbocycles. The zero-order chi connectivity index (χ0) is 64.0. The Bertz CT molecular complexity index is 1810. The number of amides is 1. The van der Waals surface area contributed by atoms with E-state index in [0.29, 0.717) is 36.3 Å². The summed E-state index contributed by atoms with van der Waals surface area (Å²) >= 11 is 0. The number of nitrogens with zero attached hydrogens (tertiary/aromatic N) is 5. The first-order valence-corrected chi connectivity index (χ1v) is 33.7. The second-order valence-electron chi connectivity index (χ2n) is 34.1. The molecule has 0 saturated carbocycles. The summed E-state index contributed by atoms with van der Waals surface area (Å²) in [5, 5.41) is 18.9. The molecule has 5 heterocycles. The molecule has 0 aromatic heterocycles. The van der Waals surface area contributed by atoms with Crippen molar-refractivity contribution in [2.75, 3.05) is 46.8 Å². The Hall–Kier alpha value is -1.30. The van der Waals surface area contributed by atoms with E-state index in [9.17, 15) is 4.79 Å². The van der Waals surface area contributed by atoms with Gasteiger partial charge in [-0.25, -0.2) is 0 Å². The van der Waals surface area contributed by atoms with E-state index in [1.54, 1.807) is 6.92 Å². The summed E-state index contributed by atoms with van der Waals surface area (Å²) in [6, 6.07) is 3.44. The van der Waals surface area contributed by atoms with Gasteiger partial charge in [-0.05, 0) is 289 Å². The van der Waals surface area contributed by atoms with Crippen molar-refractivity contribution >= 4 is 12.2 Å². The van der Waals surface area contributed by atoms with E-state index < -0.39 is 0 Å². The maximum atomic E-state index is 12.5. The third-order valence-electron chi connectivity index (χ3n) is 18.7. The van der Waals surface area contributed by atoms with Crippen LogP contribution in [0.3, 0.4) is 0 Å². The fourth-order valence-electron chi connectivity index (χ4n) is 17.1. The first-order chi connectivity index (χ1) is 37.6. The Morgan fingerprint density at radius 2 is 0.723 bits per heavy atom. The summed E-state index contributed by atoms with van der Waals surface area (Å²) in [6.07, 6.45) is 22.3. The molecule has 83 heavy (non-hydrogen) atoms. The second-order valence-corrected chi connectivity index (χ2v) is 34.1. The maximum absolute atomic E-state index is 12.5. The van der Waals surface area contributed by atoms with Crippen LogP contribution >= 0.6 is 0 Å². The lowest BCUT2D eigenvalue weighted by Crippen LogP contribution is -2.64. The summed E-state index contributed by atoms with van der Waals surface area (Å²) in [7, 11) is 4.36. The standard InChI is InChI=1S/C29H58N4O.C27H56N4.C11H26N4.C2H4O/c1-22(2)32(24-18-26(4,5)30-27(6,7)19-24)16-14-12-13-15-17-33(23(3)34)25-20-28(8,9)31-29(10,11)21-25;1-11-31(23-20-26(6,7)29-27(8,9)21-23)17-15-13-12-14-16-30(10)22-18-24(2,3)28-25(4,5)19-22;1-10(2)6-8(15(5)9(12)13)7-11(3,4)14-10;1-2-3/h22,24-25,30-31H,12-21H2,1-11H3;22-23,28-29H,11-21H2,1-10H3;8-9,14H,6-7,12-13H2,1-5H3;2H,1H3. The van der Waals surface area contributed by atoms with E-state index in [1.165, 1.54) is 117 Å². The zero-order valence-corrected chi connectivity index (χ0v) is 60.1. The van der Waals surface area contributed by atoms with Crippen molar-refractivity contribution in [3.8, 4) is 0 Å². The SMILES string of the molecule is CC(=O)N(CCCCCCN(C(C)C)C1CC(C)(C)NC(C)(C)C1)C1CC(C)(C)NC(C)(C)C1.CC=O.CCN(CCCCCCN(C)C1CC(C)(C)NC(C)(C)C1)C1CC(C)(C)NC(C)(C)C1.CN(C(N)N)C1CC(C)(C)NC(C)(C)C1. The molecule has 0 unspecified atom stereocenters. The third kappa shape index (κ3) is 29.3. The van der Waals surface area contributed by atoms with Crippen LogP contribution in [0.25, 0.3) is 0 Å². The first-order valence-electron chi connectivity index (χ1n) is 33.7. The molecule has 14 nitrogen and oxygen atoms in total. The van der Waals surface area contributed by atoms with Gasteiger partial charge >= 0.3 is 0 Å². The van der Waals surface area contributed by atoms with E-state index in [-0.39, 0.29) is 67.6 Å². The fraction of sp³-hybridized carbons (Fsp3) is 0.971. The largest absolute Gasteiger partial charge is 0.340 e. The van der Waals surface area contributed by atoms with Crippen molar-refractivity contribution in [2.45, 2.75) is 387 Å². The fourth-order valence-corrected chi connectivity index (χ4v) is 17.1. The minimum atomic E-state index is -0.361. The molecule has 5 aliphatic heterocycles. The second kappa shape index (κ2) is 31.9. The summed E-state index contributed by atoms with van der Waals surface area (Å²) in [6.45, 7) is 62.4. The number of piperidine rings is 5. The molecule has 5 fully saturated rings. The molecular formula is C69H144N12O2. The number of unbranched alkanes of at least 4 members (excludes halogenated alkanes) is 6. The van der Waals surface area contributed by atoms with Gasteiger partial charge in [-0.3, -0.25) is 14.6 Å². The molecule has 5 aliphatic rings. The van der Waals surface area contributed by atoms with Crippen LogP contribution in [-0.4, -0.2) is 181 Å². The van der Waals surface area contributed by atoms with Crippen LogP contribution in [0.15, 0.2) is 0 Å². The van der Waals surface area contributed by atoms with Gasteiger partial charge < -0.3 is 57.5 Å². The van der Waals surface area contributed by atoms with Crippen LogP contribution in [0.1, 0.15) is 289 Å². The number of nitrogens with one attached hydrogen (secondary N) is 5. The highest BCUT2D eigenvalue weighted by Gasteiger charge is 2.44. The lowest BCUT2D eigenvalue weighted by atomic mass is 9.78. The molecule has 0 aliphatic carbocycles. The van der Waals surface area contributed by atoms with Crippen molar-refractivity contribution in [1.29, 1.82) is 0 Å². The van der Waals surface area contributed by atoms with Crippen LogP contribution in [0.5, 0.6) is 0 Å². The van der Waals surface area contributed by atoms with Gasteiger partial charge in [0, 0.05) is 105 Å². The summed E-state index contributed by atoms with van der Waals surface area (Å²) < 4.78 is 0. The summed E-state index contributed by atoms with van der Waals surface area (Å²) in [5.41, 5.74) is 13.2. The number of carbonyl (C=O) groups excluding carboxylic acids is 2. The van der Waals surface area contributed by atoms with E-state index in [0.717, 1.165) is 44.9 Å². The van der Waals surface area contributed by atoms with Crippen molar-refractivity contribution < 1.29 is 9.59 Å². The molecule has 0 radical (unpaired) electrons. The molecule has 492 valence electrons. The molecule has 5 saturated heterocycles. The number of nitrogens with two attached hydrogens (primary N) is 2. The number of carbonyl (C=O) groups is 2. The molecule has 1 amide bonds. The Morgan fingerprint density at radius 1 is 0.446 bits per heavy atom. The molecule has 0 aromatic rings. The highest BCUT2D eigenvalue weighted by Crippen LogP contribution is 2.37. The summed E-state index contributed by atoms with van der Waals surface area (Å²) in [4.78, 5) is 33.7. The normalized spacial score (nSPS) is 24.6. The van der Waals surface area contributed by atoms with Gasteiger partial charge in [-0.15, -0.1) is 0 Å². The van der Waals surface area contributed by atoms with Crippen LogP contribution in [0.4, 0.5) is 0 Å². The van der Waals surface area contributed by atoms with Gasteiger partial charge in [0.1, 0.15) is 12.6 Å². The van der Waals surface area contributed by atoms with Gasteiger partial charge in [0.25, 0.3) is 0 Å². The Kier molecular flexibility index (Phi) is 29.9. The molecular weight excluding hydrogens is 1030 g/mol. The van der Waals surface area contributed by atoms with Crippen molar-refractivity contribution in [1.82, 2.24) is 51.1 Å². The highest BCUT2D eigenvalue weighted by molar-refractivity contribution is 5.73. The van der Waals surface area contributed by atoms with Crippen molar-refractivity contribution in [3.05, 3.63) is 0 Å². The van der Waals surface area contributed by atoms with E-state index in [2.05, 4.69) is 217 Å². The molecule has 9 N–H and O–H groups in total. The monoisotopic (exact) mass is 1170 g/mol. The average molecular weight is 1170 g/mol. The van der Waals surface area contributed by atoms with E-state index in [1.807, 2.05) is 7.05 Å². The highest BCUT2D eigenvalue weighted by atomic mass is 16.2. The Balaban J connectivity index is 0.000000441. The molecule has 0 atom stereocenters. The Morgan fingerprint density at radius 3 is 1.04 bits per heavy atom. The average Bonchev–Trinajstić information content (AvgIpc) is 3.31. The summed E-state index contributed by atoms with van der Waals surface area (Å²) in [5.74, 6) is 0.237. The van der Waals surface area contributed by atoms with E-state index in [4.69, 9.17) is 16.3 Å².